The summed E-state index contributed by atoms with van der Waals surface area (Å²) in [5.41, 5.74) is 0.847. The third-order valence-corrected chi connectivity index (χ3v) is 4.15. The van der Waals surface area contributed by atoms with Crippen LogP contribution in [-0.4, -0.2) is 36.2 Å². The number of sulfone groups is 1. The van der Waals surface area contributed by atoms with Gasteiger partial charge in [-0.15, -0.1) is 5.10 Å². The molecule has 0 spiro atoms. The van der Waals surface area contributed by atoms with Crippen molar-refractivity contribution in [3.8, 4) is 0 Å². The highest BCUT2D eigenvalue weighted by molar-refractivity contribution is 7.91. The first-order valence-electron chi connectivity index (χ1n) is 4.82. The summed E-state index contributed by atoms with van der Waals surface area (Å²) in [5, 5.41) is 10.9. The summed E-state index contributed by atoms with van der Waals surface area (Å²) >= 11 is 0. The minimum absolute atomic E-state index is 0.0213. The van der Waals surface area contributed by atoms with Gasteiger partial charge in [0.1, 0.15) is 5.82 Å². The first-order valence-corrected chi connectivity index (χ1v) is 6.65. The molecule has 0 amide bonds. The van der Waals surface area contributed by atoms with E-state index in [1.807, 2.05) is 19.1 Å². The van der Waals surface area contributed by atoms with E-state index in [1.54, 1.807) is 0 Å². The second kappa shape index (κ2) is 3.77. The number of aryl methyl sites for hydroxylation is 1. The van der Waals surface area contributed by atoms with Gasteiger partial charge in [0.05, 0.1) is 17.2 Å². The van der Waals surface area contributed by atoms with Gasteiger partial charge in [-0.05, 0) is 25.5 Å². The van der Waals surface area contributed by atoms with E-state index in [2.05, 4.69) is 15.5 Å². The van der Waals surface area contributed by atoms with Gasteiger partial charge in [-0.3, -0.25) is 0 Å². The Morgan fingerprint density at radius 1 is 1.40 bits per heavy atom. The van der Waals surface area contributed by atoms with Gasteiger partial charge in [-0.25, -0.2) is 8.42 Å². The van der Waals surface area contributed by atoms with Gasteiger partial charge >= 0.3 is 0 Å². The van der Waals surface area contributed by atoms with Crippen LogP contribution in [0.25, 0.3) is 0 Å². The monoisotopic (exact) mass is 227 g/mol. The van der Waals surface area contributed by atoms with Gasteiger partial charge in [-0.2, -0.15) is 5.10 Å². The summed E-state index contributed by atoms with van der Waals surface area (Å²) in [6, 6.07) is 3.64. The van der Waals surface area contributed by atoms with Gasteiger partial charge in [0.15, 0.2) is 9.84 Å². The number of hydrogen-bond donors (Lipinski definition) is 1. The molecule has 0 bridgehead atoms. The Balaban J connectivity index is 2.02. The molecule has 1 aromatic rings. The van der Waals surface area contributed by atoms with Crippen LogP contribution in [0.3, 0.4) is 0 Å². The SMILES string of the molecule is Cc1ccc(NC2CCS(=O)(=O)C2)nn1. The molecule has 0 aromatic carbocycles. The smallest absolute Gasteiger partial charge is 0.152 e. The first kappa shape index (κ1) is 10.4. The predicted molar refractivity (Wildman–Crippen MR) is 57.5 cm³/mol. The molecule has 82 valence electrons. The van der Waals surface area contributed by atoms with Crippen LogP contribution in [0.15, 0.2) is 12.1 Å². The zero-order valence-corrected chi connectivity index (χ0v) is 9.29. The van der Waals surface area contributed by atoms with E-state index < -0.39 is 9.84 Å². The van der Waals surface area contributed by atoms with Gasteiger partial charge in [0.2, 0.25) is 0 Å². The maximum atomic E-state index is 11.2. The minimum Gasteiger partial charge on any atom is -0.365 e. The van der Waals surface area contributed by atoms with Crippen LogP contribution >= 0.6 is 0 Å². The molecule has 1 atom stereocenters. The number of anilines is 1. The Morgan fingerprint density at radius 2 is 2.20 bits per heavy atom. The van der Waals surface area contributed by atoms with Crippen molar-refractivity contribution in [1.82, 2.24) is 10.2 Å². The van der Waals surface area contributed by atoms with Gasteiger partial charge < -0.3 is 5.32 Å². The van der Waals surface area contributed by atoms with E-state index in [4.69, 9.17) is 0 Å². The minimum atomic E-state index is -2.83. The Kier molecular flexibility index (Phi) is 2.60. The van der Waals surface area contributed by atoms with Crippen LogP contribution in [-0.2, 0) is 9.84 Å². The van der Waals surface area contributed by atoms with Gasteiger partial charge in [-0.1, -0.05) is 0 Å². The maximum absolute atomic E-state index is 11.2. The summed E-state index contributed by atoms with van der Waals surface area (Å²) in [5.74, 6) is 1.11. The highest BCUT2D eigenvalue weighted by Crippen LogP contribution is 2.15. The van der Waals surface area contributed by atoms with Crippen LogP contribution in [0.2, 0.25) is 0 Å². The molecule has 1 unspecified atom stereocenters. The molecule has 2 rings (SSSR count). The van der Waals surface area contributed by atoms with E-state index >= 15 is 0 Å². The molecule has 6 heteroatoms. The van der Waals surface area contributed by atoms with Crippen molar-refractivity contribution in [2.45, 2.75) is 19.4 Å². The van der Waals surface area contributed by atoms with Crippen molar-refractivity contribution in [2.24, 2.45) is 0 Å². The molecule has 15 heavy (non-hydrogen) atoms. The van der Waals surface area contributed by atoms with E-state index in [-0.39, 0.29) is 17.5 Å². The number of hydrogen-bond acceptors (Lipinski definition) is 5. The Labute approximate surface area is 88.8 Å². The molecule has 2 heterocycles. The molecule has 1 aromatic heterocycles. The fourth-order valence-electron chi connectivity index (χ4n) is 1.59. The van der Waals surface area contributed by atoms with Gasteiger partial charge in [0.25, 0.3) is 0 Å². The van der Waals surface area contributed by atoms with Gasteiger partial charge in [0, 0.05) is 6.04 Å². The van der Waals surface area contributed by atoms with E-state index in [0.29, 0.717) is 12.2 Å². The Morgan fingerprint density at radius 3 is 2.73 bits per heavy atom. The lowest BCUT2D eigenvalue weighted by Crippen LogP contribution is -2.21. The van der Waals surface area contributed by atoms with Crippen LogP contribution in [0.4, 0.5) is 5.82 Å². The molecule has 5 nitrogen and oxygen atoms in total. The number of nitrogens with zero attached hydrogens (tertiary/aromatic N) is 2. The number of aromatic nitrogens is 2. The zero-order chi connectivity index (χ0) is 10.9. The average molecular weight is 227 g/mol. The van der Waals surface area contributed by atoms with Crippen LogP contribution in [0.1, 0.15) is 12.1 Å². The molecular formula is C9H13N3O2S. The lowest BCUT2D eigenvalue weighted by Gasteiger charge is -2.10. The Bertz CT molecular complexity index is 441. The summed E-state index contributed by atoms with van der Waals surface area (Å²) in [6.45, 7) is 1.86. The fraction of sp³-hybridized carbons (Fsp3) is 0.556. The zero-order valence-electron chi connectivity index (χ0n) is 8.47. The summed E-state index contributed by atoms with van der Waals surface area (Å²) in [4.78, 5) is 0. The van der Waals surface area contributed by atoms with Crippen molar-refractivity contribution >= 4 is 15.7 Å². The summed E-state index contributed by atoms with van der Waals surface area (Å²) < 4.78 is 22.4. The second-order valence-corrected chi connectivity index (χ2v) is 6.03. The molecule has 1 aliphatic rings. The average Bonchev–Trinajstić information content (AvgIpc) is 2.50. The standard InChI is InChI=1S/C9H13N3O2S/c1-7-2-3-9(12-11-7)10-8-4-5-15(13,14)6-8/h2-3,8H,4-6H2,1H3,(H,10,12). The molecule has 0 radical (unpaired) electrons. The van der Waals surface area contributed by atoms with Crippen molar-refractivity contribution in [1.29, 1.82) is 0 Å². The fourth-order valence-corrected chi connectivity index (χ4v) is 3.27. The van der Waals surface area contributed by atoms with Crippen LogP contribution in [0, 0.1) is 6.92 Å². The lowest BCUT2D eigenvalue weighted by atomic mass is 10.2. The summed E-state index contributed by atoms with van der Waals surface area (Å²) in [6.07, 6.45) is 0.651. The highest BCUT2D eigenvalue weighted by Gasteiger charge is 2.27. The molecule has 0 saturated carbocycles. The molecule has 1 aliphatic heterocycles. The topological polar surface area (TPSA) is 72.0 Å². The van der Waals surface area contributed by atoms with E-state index in [0.717, 1.165) is 5.69 Å². The third-order valence-electron chi connectivity index (χ3n) is 2.38. The van der Waals surface area contributed by atoms with Crippen molar-refractivity contribution in [3.63, 3.8) is 0 Å². The first-order chi connectivity index (χ1) is 7.05. The van der Waals surface area contributed by atoms with Crippen molar-refractivity contribution in [2.75, 3.05) is 16.8 Å². The maximum Gasteiger partial charge on any atom is 0.152 e. The third kappa shape index (κ3) is 2.65. The van der Waals surface area contributed by atoms with Crippen LogP contribution < -0.4 is 5.32 Å². The van der Waals surface area contributed by atoms with E-state index in [9.17, 15) is 8.42 Å². The molecule has 1 fully saturated rings. The largest absolute Gasteiger partial charge is 0.365 e. The Hall–Kier alpha value is -1.17. The number of rotatable bonds is 2. The molecule has 1 N–H and O–H groups in total. The molecule has 0 aliphatic carbocycles. The van der Waals surface area contributed by atoms with Crippen LogP contribution in [0.5, 0.6) is 0 Å². The summed E-state index contributed by atoms with van der Waals surface area (Å²) in [7, 11) is -2.83. The van der Waals surface area contributed by atoms with E-state index in [1.165, 1.54) is 0 Å². The second-order valence-electron chi connectivity index (χ2n) is 3.80. The quantitative estimate of drug-likeness (QED) is 0.791. The normalized spacial score (nSPS) is 23.9. The molecule has 1 saturated heterocycles. The number of nitrogens with one attached hydrogen (secondary N) is 1. The highest BCUT2D eigenvalue weighted by atomic mass is 32.2. The lowest BCUT2D eigenvalue weighted by molar-refractivity contribution is 0.602. The van der Waals surface area contributed by atoms with Crippen molar-refractivity contribution in [3.05, 3.63) is 17.8 Å². The van der Waals surface area contributed by atoms with Crippen molar-refractivity contribution < 1.29 is 8.42 Å². The predicted octanol–water partition coefficient (Wildman–Crippen LogP) is 0.384. The molecular weight excluding hydrogens is 214 g/mol.